The third-order valence-corrected chi connectivity index (χ3v) is 2.92. The van der Waals surface area contributed by atoms with Crippen molar-refractivity contribution in [3.05, 3.63) is 102 Å². The molecule has 0 bridgehead atoms. The second-order valence-corrected chi connectivity index (χ2v) is 4.74. The van der Waals surface area contributed by atoms with Crippen molar-refractivity contribution in [2.75, 3.05) is 0 Å². The van der Waals surface area contributed by atoms with E-state index in [1.807, 2.05) is 42.5 Å². The molecule has 4 heteroatoms. The van der Waals surface area contributed by atoms with Crippen LogP contribution in [0.4, 0.5) is 4.39 Å². The molecule has 2 aromatic carbocycles. The van der Waals surface area contributed by atoms with Gasteiger partial charge in [0, 0.05) is 11.3 Å². The number of carbonyl (C=O) groups is 1. The van der Waals surface area contributed by atoms with Crippen molar-refractivity contribution in [3.8, 4) is 0 Å². The molecule has 0 radical (unpaired) electrons. The van der Waals surface area contributed by atoms with Crippen LogP contribution in [-0.2, 0) is 0 Å². The summed E-state index contributed by atoms with van der Waals surface area (Å²) in [6.45, 7) is 3.76. The Balaban J connectivity index is 1.80. The second-order valence-electron chi connectivity index (χ2n) is 4.74. The summed E-state index contributed by atoms with van der Waals surface area (Å²) in [5, 5.41) is 0. The third-order valence-electron chi connectivity index (χ3n) is 2.92. The molecule has 0 atom stereocenters. The van der Waals surface area contributed by atoms with Crippen LogP contribution in [0, 0.1) is 5.82 Å². The Morgan fingerprint density at radius 2 is 1.78 bits per heavy atom. The van der Waals surface area contributed by atoms with Crippen molar-refractivity contribution in [3.63, 3.8) is 0 Å². The Labute approximate surface area is 134 Å². The lowest BCUT2D eigenvalue weighted by atomic mass is 10.2. The summed E-state index contributed by atoms with van der Waals surface area (Å²) in [5.74, 6) is -0.888. The van der Waals surface area contributed by atoms with Crippen molar-refractivity contribution in [1.82, 2.24) is 10.9 Å². The largest absolute Gasteiger partial charge is 0.299 e. The number of carbonyl (C=O) groups excluding carboxylic acids is 1. The molecule has 0 saturated heterocycles. The molecular weight excluding hydrogens is 291 g/mol. The van der Waals surface area contributed by atoms with Crippen molar-refractivity contribution >= 4 is 12.0 Å². The molecule has 0 aromatic heterocycles. The van der Waals surface area contributed by atoms with Crippen molar-refractivity contribution < 1.29 is 9.18 Å². The van der Waals surface area contributed by atoms with Gasteiger partial charge >= 0.3 is 0 Å². The average molecular weight is 308 g/mol. The van der Waals surface area contributed by atoms with Gasteiger partial charge in [0.2, 0.25) is 0 Å². The smallest absolute Gasteiger partial charge is 0.269 e. The fraction of sp³-hybridized carbons (Fsp3) is 0. The van der Waals surface area contributed by atoms with Gasteiger partial charge in [0.1, 0.15) is 5.82 Å². The standard InChI is InChI=1S/C19H17FN2O/c1-15(8-5-6-11-16-9-3-2-4-10-16)21-22-19(23)17-12-7-13-18(20)14-17/h2-14,21H,1H2,(H,22,23)/b8-5+,11-6+. The van der Waals surface area contributed by atoms with Crippen LogP contribution in [0.3, 0.4) is 0 Å². The van der Waals surface area contributed by atoms with Gasteiger partial charge in [-0.25, -0.2) is 4.39 Å². The monoisotopic (exact) mass is 308 g/mol. The highest BCUT2D eigenvalue weighted by Crippen LogP contribution is 2.03. The number of amides is 1. The van der Waals surface area contributed by atoms with E-state index in [9.17, 15) is 9.18 Å². The Morgan fingerprint density at radius 1 is 1.00 bits per heavy atom. The molecule has 0 aliphatic heterocycles. The number of halogens is 1. The van der Waals surface area contributed by atoms with Crippen LogP contribution in [0.25, 0.3) is 6.08 Å². The van der Waals surface area contributed by atoms with Gasteiger partial charge in [0.15, 0.2) is 0 Å². The number of benzene rings is 2. The van der Waals surface area contributed by atoms with E-state index < -0.39 is 11.7 Å². The predicted octanol–water partition coefficient (Wildman–Crippen LogP) is 3.84. The molecule has 23 heavy (non-hydrogen) atoms. The van der Waals surface area contributed by atoms with Crippen LogP contribution >= 0.6 is 0 Å². The minimum Gasteiger partial charge on any atom is -0.299 e. The molecule has 2 rings (SSSR count). The Kier molecular flexibility index (Phi) is 5.89. The molecule has 0 spiro atoms. The number of rotatable bonds is 6. The molecule has 2 aromatic rings. The first kappa shape index (κ1) is 16.2. The van der Waals surface area contributed by atoms with E-state index in [-0.39, 0.29) is 5.56 Å². The maximum Gasteiger partial charge on any atom is 0.269 e. The second kappa shape index (κ2) is 8.34. The molecule has 3 nitrogen and oxygen atoms in total. The minimum absolute atomic E-state index is 0.234. The number of nitrogens with one attached hydrogen (secondary N) is 2. The zero-order valence-electron chi connectivity index (χ0n) is 12.5. The first-order valence-electron chi connectivity index (χ1n) is 7.06. The maximum absolute atomic E-state index is 13.0. The highest BCUT2D eigenvalue weighted by molar-refractivity contribution is 5.93. The lowest BCUT2D eigenvalue weighted by Crippen LogP contribution is -2.36. The molecule has 0 aliphatic rings. The first-order valence-corrected chi connectivity index (χ1v) is 7.06. The van der Waals surface area contributed by atoms with Gasteiger partial charge in [-0.3, -0.25) is 15.6 Å². The summed E-state index contributed by atoms with van der Waals surface area (Å²) in [7, 11) is 0. The Bertz CT molecular complexity index is 736. The minimum atomic E-state index is -0.456. The van der Waals surface area contributed by atoms with Crippen LogP contribution in [0.15, 0.2) is 85.1 Å². The van der Waals surface area contributed by atoms with E-state index in [1.54, 1.807) is 12.2 Å². The summed E-state index contributed by atoms with van der Waals surface area (Å²) >= 11 is 0. The fourth-order valence-electron chi connectivity index (χ4n) is 1.78. The summed E-state index contributed by atoms with van der Waals surface area (Å²) < 4.78 is 13.0. The molecule has 1 amide bonds. The number of hydrogen-bond acceptors (Lipinski definition) is 2. The summed E-state index contributed by atoms with van der Waals surface area (Å²) in [6.07, 6.45) is 7.34. The molecule has 116 valence electrons. The summed E-state index contributed by atoms with van der Waals surface area (Å²) in [6, 6.07) is 15.3. The van der Waals surface area contributed by atoms with Crippen LogP contribution in [-0.4, -0.2) is 5.91 Å². The van der Waals surface area contributed by atoms with Crippen molar-refractivity contribution in [2.45, 2.75) is 0 Å². The van der Waals surface area contributed by atoms with Crippen LogP contribution in [0.2, 0.25) is 0 Å². The van der Waals surface area contributed by atoms with Crippen LogP contribution in [0.1, 0.15) is 15.9 Å². The van der Waals surface area contributed by atoms with Crippen molar-refractivity contribution in [2.24, 2.45) is 0 Å². The van der Waals surface area contributed by atoms with E-state index in [2.05, 4.69) is 17.4 Å². The number of hydrazine groups is 1. The third kappa shape index (κ3) is 5.63. The van der Waals surface area contributed by atoms with Gasteiger partial charge in [-0.1, -0.05) is 61.2 Å². The van der Waals surface area contributed by atoms with Crippen LogP contribution in [0.5, 0.6) is 0 Å². The number of hydrogen-bond donors (Lipinski definition) is 2. The van der Waals surface area contributed by atoms with E-state index in [0.717, 1.165) is 11.6 Å². The highest BCUT2D eigenvalue weighted by atomic mass is 19.1. The quantitative estimate of drug-likeness (QED) is 0.629. The van der Waals surface area contributed by atoms with E-state index in [4.69, 9.17) is 0 Å². The lowest BCUT2D eigenvalue weighted by molar-refractivity contribution is 0.0939. The SMILES string of the molecule is C=C(/C=C/C=C/c1ccccc1)NNC(=O)c1cccc(F)c1. The normalized spacial score (nSPS) is 10.8. The van der Waals surface area contributed by atoms with Gasteiger partial charge < -0.3 is 0 Å². The van der Waals surface area contributed by atoms with E-state index in [1.165, 1.54) is 18.2 Å². The zero-order valence-corrected chi connectivity index (χ0v) is 12.5. The maximum atomic E-state index is 13.0. The highest BCUT2D eigenvalue weighted by Gasteiger charge is 2.05. The summed E-state index contributed by atoms with van der Waals surface area (Å²) in [5.41, 5.74) is 6.95. The summed E-state index contributed by atoms with van der Waals surface area (Å²) in [4.78, 5) is 11.8. The fourth-order valence-corrected chi connectivity index (χ4v) is 1.78. The molecule has 0 heterocycles. The molecule has 0 aliphatic carbocycles. The molecule has 0 unspecified atom stereocenters. The predicted molar refractivity (Wildman–Crippen MR) is 90.8 cm³/mol. The van der Waals surface area contributed by atoms with Gasteiger partial charge in [0.25, 0.3) is 5.91 Å². The number of allylic oxidation sites excluding steroid dienone is 3. The average Bonchev–Trinajstić information content (AvgIpc) is 2.57. The van der Waals surface area contributed by atoms with Gasteiger partial charge in [0.05, 0.1) is 0 Å². The Morgan fingerprint density at radius 3 is 2.52 bits per heavy atom. The molecule has 0 fully saturated rings. The molecular formula is C19H17FN2O. The first-order chi connectivity index (χ1) is 11.1. The lowest BCUT2D eigenvalue weighted by Gasteiger charge is -2.07. The van der Waals surface area contributed by atoms with Crippen LogP contribution < -0.4 is 10.9 Å². The zero-order chi connectivity index (χ0) is 16.5. The molecule has 0 saturated carbocycles. The Hall–Kier alpha value is -3.14. The van der Waals surface area contributed by atoms with E-state index >= 15 is 0 Å². The van der Waals surface area contributed by atoms with Gasteiger partial charge in [-0.2, -0.15) is 0 Å². The van der Waals surface area contributed by atoms with Gasteiger partial charge in [-0.15, -0.1) is 0 Å². The molecule has 2 N–H and O–H groups in total. The topological polar surface area (TPSA) is 41.1 Å². The van der Waals surface area contributed by atoms with E-state index in [0.29, 0.717) is 5.70 Å². The van der Waals surface area contributed by atoms with Crippen molar-refractivity contribution in [1.29, 1.82) is 0 Å². The van der Waals surface area contributed by atoms with Gasteiger partial charge in [-0.05, 0) is 29.8 Å².